The third-order valence-corrected chi connectivity index (χ3v) is 5.16. The molecule has 0 unspecified atom stereocenters. The molecule has 0 aliphatic carbocycles. The molecule has 0 bridgehead atoms. The lowest BCUT2D eigenvalue weighted by Gasteiger charge is -2.13. The molecule has 3 amide bonds. The number of alkyl halides is 1. The minimum atomic E-state index is -3.85. The molecule has 0 radical (unpaired) electrons. The summed E-state index contributed by atoms with van der Waals surface area (Å²) < 4.78 is 28.0. The Morgan fingerprint density at radius 3 is 2.52 bits per heavy atom. The Labute approximate surface area is 163 Å². The maximum Gasteiger partial charge on any atom is 0.325 e. The smallest absolute Gasteiger partial charge is 0.308 e. The van der Waals surface area contributed by atoms with E-state index in [1.54, 1.807) is 12.1 Å². The quantitative estimate of drug-likeness (QED) is 0.610. The van der Waals surface area contributed by atoms with Gasteiger partial charge in [0, 0.05) is 5.69 Å². The van der Waals surface area contributed by atoms with E-state index in [2.05, 4.69) is 10.0 Å². The second-order valence-corrected chi connectivity index (χ2v) is 7.63. The zero-order valence-electron chi connectivity index (χ0n) is 14.7. The van der Waals surface area contributed by atoms with E-state index in [1.165, 1.54) is 24.3 Å². The van der Waals surface area contributed by atoms with Crippen molar-refractivity contribution < 1.29 is 18.0 Å². The molecule has 2 rings (SSSR count). The predicted octanol–water partition coefficient (Wildman–Crippen LogP) is 3.33. The Hall–Kier alpha value is -2.58. The Balaban J connectivity index is 2.20. The molecule has 0 aliphatic heterocycles. The number of imide groups is 1. The monoisotopic (exact) mass is 409 g/mol. The average molecular weight is 410 g/mol. The number of hydrogen-bond acceptors (Lipinski definition) is 4. The van der Waals surface area contributed by atoms with Gasteiger partial charge in [-0.15, -0.1) is 11.6 Å². The van der Waals surface area contributed by atoms with Gasteiger partial charge in [0.2, 0.25) is 5.91 Å². The van der Waals surface area contributed by atoms with Gasteiger partial charge in [-0.25, -0.2) is 13.2 Å². The first-order chi connectivity index (χ1) is 12.9. The number of hydrogen-bond donors (Lipinski definition) is 3. The van der Waals surface area contributed by atoms with Gasteiger partial charge in [0.05, 0.1) is 10.6 Å². The molecule has 2 aromatic rings. The van der Waals surface area contributed by atoms with Crippen molar-refractivity contribution in [1.29, 1.82) is 0 Å². The van der Waals surface area contributed by atoms with Crippen LogP contribution in [0, 0.1) is 0 Å². The minimum Gasteiger partial charge on any atom is -0.308 e. The molecule has 0 aliphatic rings. The van der Waals surface area contributed by atoms with Crippen molar-refractivity contribution in [2.75, 3.05) is 15.9 Å². The number of aryl methyl sites for hydroxylation is 1. The van der Waals surface area contributed by atoms with Crippen molar-refractivity contribution in [3.05, 3.63) is 54.1 Å². The molecule has 2 aromatic carbocycles. The average Bonchev–Trinajstić information content (AvgIpc) is 2.63. The Kier molecular flexibility index (Phi) is 7.20. The number of carbonyl (C=O) groups excluding carboxylic acids is 2. The zero-order chi connectivity index (χ0) is 19.9. The molecule has 0 saturated carbocycles. The highest BCUT2D eigenvalue weighted by atomic mass is 35.5. The van der Waals surface area contributed by atoms with Gasteiger partial charge < -0.3 is 5.32 Å². The van der Waals surface area contributed by atoms with Crippen LogP contribution in [0.25, 0.3) is 0 Å². The van der Waals surface area contributed by atoms with Crippen LogP contribution < -0.4 is 15.4 Å². The van der Waals surface area contributed by atoms with Gasteiger partial charge >= 0.3 is 6.03 Å². The fourth-order valence-corrected chi connectivity index (χ4v) is 3.59. The first kappa shape index (κ1) is 20.7. The Morgan fingerprint density at radius 1 is 1.07 bits per heavy atom. The summed E-state index contributed by atoms with van der Waals surface area (Å²) in [7, 11) is -3.85. The molecule has 0 saturated heterocycles. The molecule has 27 heavy (non-hydrogen) atoms. The minimum absolute atomic E-state index is 0.0183. The lowest BCUT2D eigenvalue weighted by Crippen LogP contribution is -2.35. The lowest BCUT2D eigenvalue weighted by molar-refractivity contribution is -0.117. The maximum atomic E-state index is 12.7. The number of para-hydroxylation sites is 1. The zero-order valence-corrected chi connectivity index (χ0v) is 16.2. The maximum absolute atomic E-state index is 12.7. The molecule has 0 spiro atoms. The first-order valence-corrected chi connectivity index (χ1v) is 10.2. The van der Waals surface area contributed by atoms with Crippen molar-refractivity contribution in [3.63, 3.8) is 0 Å². The lowest BCUT2D eigenvalue weighted by atomic mass is 10.1. The normalized spacial score (nSPS) is 10.9. The van der Waals surface area contributed by atoms with Crippen LogP contribution in [0.15, 0.2) is 53.4 Å². The van der Waals surface area contributed by atoms with Crippen molar-refractivity contribution in [2.24, 2.45) is 0 Å². The number of urea groups is 1. The molecule has 0 atom stereocenters. The summed E-state index contributed by atoms with van der Waals surface area (Å²) in [6, 6.07) is 12.1. The number of sulfonamides is 1. The standard InChI is InChI=1S/C18H20ClN3O4S/c1-2-6-13-7-3-4-10-16(13)22-27(25,26)15-9-5-8-14(11-15)20-18(24)21-17(23)12-19/h3-5,7-11,22H,2,6,12H2,1H3,(H2,20,21,23,24). The summed E-state index contributed by atoms with van der Waals surface area (Å²) in [5.74, 6) is -1.02. The van der Waals surface area contributed by atoms with E-state index in [-0.39, 0.29) is 16.5 Å². The largest absolute Gasteiger partial charge is 0.325 e. The van der Waals surface area contributed by atoms with Crippen LogP contribution >= 0.6 is 11.6 Å². The van der Waals surface area contributed by atoms with E-state index in [0.29, 0.717) is 5.69 Å². The highest BCUT2D eigenvalue weighted by molar-refractivity contribution is 7.92. The molecule has 0 heterocycles. The number of benzene rings is 2. The summed E-state index contributed by atoms with van der Waals surface area (Å²) in [4.78, 5) is 22.8. The first-order valence-electron chi connectivity index (χ1n) is 8.23. The number of anilines is 2. The fraction of sp³-hybridized carbons (Fsp3) is 0.222. The predicted molar refractivity (Wildman–Crippen MR) is 106 cm³/mol. The SMILES string of the molecule is CCCc1ccccc1NS(=O)(=O)c1cccc(NC(=O)NC(=O)CCl)c1. The van der Waals surface area contributed by atoms with Gasteiger partial charge in [-0.2, -0.15) is 0 Å². The van der Waals surface area contributed by atoms with E-state index >= 15 is 0 Å². The molecule has 0 fully saturated rings. The van der Waals surface area contributed by atoms with Gasteiger partial charge in [0.1, 0.15) is 5.88 Å². The third-order valence-electron chi connectivity index (χ3n) is 3.56. The highest BCUT2D eigenvalue weighted by Gasteiger charge is 2.17. The van der Waals surface area contributed by atoms with Gasteiger partial charge in [-0.1, -0.05) is 37.6 Å². The van der Waals surface area contributed by atoms with E-state index in [9.17, 15) is 18.0 Å². The van der Waals surface area contributed by atoms with E-state index in [0.717, 1.165) is 18.4 Å². The number of halogens is 1. The van der Waals surface area contributed by atoms with Crippen LogP contribution in [0.5, 0.6) is 0 Å². The van der Waals surface area contributed by atoms with Gasteiger partial charge in [-0.3, -0.25) is 14.8 Å². The Morgan fingerprint density at radius 2 is 1.81 bits per heavy atom. The Bertz CT molecular complexity index is 932. The number of nitrogens with one attached hydrogen (secondary N) is 3. The molecular formula is C18H20ClN3O4S. The number of rotatable bonds is 7. The van der Waals surface area contributed by atoms with Crippen LogP contribution in [0.3, 0.4) is 0 Å². The van der Waals surface area contributed by atoms with E-state index in [1.807, 2.05) is 24.4 Å². The summed E-state index contributed by atoms with van der Waals surface area (Å²) >= 11 is 5.32. The van der Waals surface area contributed by atoms with Crippen LogP contribution in [0.2, 0.25) is 0 Å². The molecule has 9 heteroatoms. The summed E-state index contributed by atoms with van der Waals surface area (Å²) in [5, 5.41) is 4.41. The van der Waals surface area contributed by atoms with Crippen molar-refractivity contribution in [1.82, 2.24) is 5.32 Å². The van der Waals surface area contributed by atoms with E-state index in [4.69, 9.17) is 11.6 Å². The second kappa shape index (κ2) is 9.38. The van der Waals surface area contributed by atoms with E-state index < -0.39 is 22.0 Å². The van der Waals surface area contributed by atoms with Crippen LogP contribution in [0.4, 0.5) is 16.2 Å². The van der Waals surface area contributed by atoms with Crippen LogP contribution in [-0.4, -0.2) is 26.2 Å². The number of amides is 3. The third kappa shape index (κ3) is 5.97. The van der Waals surface area contributed by atoms with Crippen molar-refractivity contribution >= 4 is 44.9 Å². The molecular weight excluding hydrogens is 390 g/mol. The molecule has 3 N–H and O–H groups in total. The number of carbonyl (C=O) groups is 2. The molecule has 144 valence electrons. The summed E-state index contributed by atoms with van der Waals surface area (Å²) in [6.45, 7) is 2.01. The molecule has 7 nitrogen and oxygen atoms in total. The topological polar surface area (TPSA) is 104 Å². The van der Waals surface area contributed by atoms with Crippen LogP contribution in [0.1, 0.15) is 18.9 Å². The van der Waals surface area contributed by atoms with Crippen molar-refractivity contribution in [2.45, 2.75) is 24.7 Å². The van der Waals surface area contributed by atoms with Gasteiger partial charge in [0.15, 0.2) is 0 Å². The van der Waals surface area contributed by atoms with Crippen molar-refractivity contribution in [3.8, 4) is 0 Å². The fourth-order valence-electron chi connectivity index (χ4n) is 2.37. The van der Waals surface area contributed by atoms with Gasteiger partial charge in [0.25, 0.3) is 10.0 Å². The highest BCUT2D eigenvalue weighted by Crippen LogP contribution is 2.22. The molecule has 0 aromatic heterocycles. The van der Waals surface area contributed by atoms with Gasteiger partial charge in [-0.05, 0) is 36.2 Å². The van der Waals surface area contributed by atoms with Crippen LogP contribution in [-0.2, 0) is 21.2 Å². The second-order valence-electron chi connectivity index (χ2n) is 5.68. The summed E-state index contributed by atoms with van der Waals surface area (Å²) in [5.41, 5.74) is 1.64. The summed E-state index contributed by atoms with van der Waals surface area (Å²) in [6.07, 6.45) is 1.63.